The average molecular weight is 355 g/mol. The topological polar surface area (TPSA) is 45.2 Å². The van der Waals surface area contributed by atoms with Crippen molar-refractivity contribution in [1.82, 2.24) is 10.3 Å². The van der Waals surface area contributed by atoms with E-state index in [0.29, 0.717) is 5.75 Å². The zero-order valence-electron chi connectivity index (χ0n) is 11.9. The number of nitrogens with zero attached hydrogens (tertiary/aromatic N) is 1. The Bertz CT molecular complexity index is 585. The summed E-state index contributed by atoms with van der Waals surface area (Å²) in [5.41, 5.74) is 1.97. The lowest BCUT2D eigenvalue weighted by molar-refractivity contribution is 0.418. The van der Waals surface area contributed by atoms with Gasteiger partial charge in [-0.1, -0.05) is 22.9 Å². The normalized spacial score (nSPS) is 14.2. The first-order chi connectivity index (χ1) is 9.51. The van der Waals surface area contributed by atoms with Gasteiger partial charge in [0.1, 0.15) is 10.8 Å². The lowest BCUT2D eigenvalue weighted by atomic mass is 10.0. The number of aryl methyl sites for hydroxylation is 1. The Labute approximate surface area is 132 Å². The quantitative estimate of drug-likeness (QED) is 0.816. The molecule has 0 fully saturated rings. The van der Waals surface area contributed by atoms with Crippen molar-refractivity contribution < 1.29 is 5.11 Å². The molecule has 0 aliphatic carbocycles. The molecule has 0 saturated heterocycles. The van der Waals surface area contributed by atoms with Gasteiger partial charge >= 0.3 is 0 Å². The molecular formula is C15H19BrN2OS. The maximum Gasteiger partial charge on any atom is 0.120 e. The molecule has 3 nitrogen and oxygen atoms in total. The number of phenolic OH excluding ortho intramolecular Hbond substituents is 1. The molecule has 0 radical (unpaired) electrons. The van der Waals surface area contributed by atoms with Gasteiger partial charge in [0, 0.05) is 27.2 Å². The standard InChI is InChI=1S/C15H19BrN2OS/c1-4-13(12-7-11(16)5-6-14(12)19)18-10(3)15-17-9(2)8-20-15/h5-8,10,13,18-19H,4H2,1-3H3. The Morgan fingerprint density at radius 1 is 1.45 bits per heavy atom. The summed E-state index contributed by atoms with van der Waals surface area (Å²) < 4.78 is 0.975. The number of aromatic nitrogens is 1. The van der Waals surface area contributed by atoms with Crippen molar-refractivity contribution in [2.24, 2.45) is 0 Å². The van der Waals surface area contributed by atoms with Crippen LogP contribution < -0.4 is 5.32 Å². The van der Waals surface area contributed by atoms with E-state index in [0.717, 1.165) is 27.2 Å². The second-order valence-corrected chi connectivity index (χ2v) is 6.68. The molecule has 0 aliphatic heterocycles. The zero-order valence-corrected chi connectivity index (χ0v) is 14.3. The monoisotopic (exact) mass is 354 g/mol. The number of hydrogen-bond donors (Lipinski definition) is 2. The van der Waals surface area contributed by atoms with Gasteiger partial charge in [0.2, 0.25) is 0 Å². The van der Waals surface area contributed by atoms with Crippen LogP contribution in [-0.2, 0) is 0 Å². The van der Waals surface area contributed by atoms with Crippen LogP contribution in [0.1, 0.15) is 48.6 Å². The molecule has 0 saturated carbocycles. The summed E-state index contributed by atoms with van der Waals surface area (Å²) in [6.45, 7) is 6.22. The average Bonchev–Trinajstić information content (AvgIpc) is 2.85. The maximum absolute atomic E-state index is 10.1. The van der Waals surface area contributed by atoms with Crippen LogP contribution in [0.4, 0.5) is 0 Å². The molecule has 20 heavy (non-hydrogen) atoms. The van der Waals surface area contributed by atoms with Crippen LogP contribution in [0.5, 0.6) is 5.75 Å². The van der Waals surface area contributed by atoms with E-state index in [4.69, 9.17) is 0 Å². The number of aromatic hydroxyl groups is 1. The Morgan fingerprint density at radius 3 is 2.80 bits per heavy atom. The molecule has 1 aromatic carbocycles. The number of thiazole rings is 1. The lowest BCUT2D eigenvalue weighted by Crippen LogP contribution is -2.24. The van der Waals surface area contributed by atoms with Crippen molar-refractivity contribution >= 4 is 27.3 Å². The predicted molar refractivity (Wildman–Crippen MR) is 87.2 cm³/mol. The van der Waals surface area contributed by atoms with Gasteiger partial charge in [-0.25, -0.2) is 4.98 Å². The smallest absolute Gasteiger partial charge is 0.120 e. The number of halogens is 1. The Hall–Kier alpha value is -0.910. The molecule has 2 rings (SSSR count). The van der Waals surface area contributed by atoms with E-state index in [9.17, 15) is 5.11 Å². The number of rotatable bonds is 5. The Morgan fingerprint density at radius 2 is 2.20 bits per heavy atom. The fourth-order valence-corrected chi connectivity index (χ4v) is 3.37. The van der Waals surface area contributed by atoms with Crippen LogP contribution in [0.2, 0.25) is 0 Å². The van der Waals surface area contributed by atoms with Crippen molar-refractivity contribution in [1.29, 1.82) is 0 Å². The van der Waals surface area contributed by atoms with Gasteiger partial charge in [-0.05, 0) is 38.5 Å². The SMILES string of the molecule is CCC(NC(C)c1nc(C)cs1)c1cc(Br)ccc1O. The Balaban J connectivity index is 2.18. The number of hydrogen-bond acceptors (Lipinski definition) is 4. The van der Waals surface area contributed by atoms with Crippen LogP contribution in [0.3, 0.4) is 0 Å². The number of benzene rings is 1. The summed E-state index contributed by atoms with van der Waals surface area (Å²) >= 11 is 5.13. The largest absolute Gasteiger partial charge is 0.508 e. The van der Waals surface area contributed by atoms with Gasteiger partial charge in [0.15, 0.2) is 0 Å². The zero-order chi connectivity index (χ0) is 14.7. The van der Waals surface area contributed by atoms with E-state index in [1.807, 2.05) is 19.1 Å². The third-order valence-electron chi connectivity index (χ3n) is 3.23. The molecule has 108 valence electrons. The fourth-order valence-electron chi connectivity index (χ4n) is 2.18. The molecule has 2 aromatic rings. The number of nitrogens with one attached hydrogen (secondary N) is 1. The van der Waals surface area contributed by atoms with Crippen LogP contribution in [0, 0.1) is 6.92 Å². The Kier molecular flexibility index (Phi) is 5.18. The van der Waals surface area contributed by atoms with E-state index >= 15 is 0 Å². The molecule has 0 spiro atoms. The minimum Gasteiger partial charge on any atom is -0.508 e. The van der Waals surface area contributed by atoms with Crippen LogP contribution in [-0.4, -0.2) is 10.1 Å². The van der Waals surface area contributed by atoms with Gasteiger partial charge in [-0.2, -0.15) is 0 Å². The summed E-state index contributed by atoms with van der Waals surface area (Å²) in [6, 6.07) is 5.81. The molecule has 2 unspecified atom stereocenters. The third-order valence-corrected chi connectivity index (χ3v) is 4.87. The van der Waals surface area contributed by atoms with Crippen molar-refractivity contribution in [3.8, 4) is 5.75 Å². The first kappa shape index (κ1) is 15.5. The van der Waals surface area contributed by atoms with Gasteiger partial charge in [0.05, 0.1) is 6.04 Å². The molecule has 0 amide bonds. The summed E-state index contributed by atoms with van der Waals surface area (Å²) in [4.78, 5) is 4.52. The van der Waals surface area contributed by atoms with Crippen LogP contribution in [0.25, 0.3) is 0 Å². The molecular weight excluding hydrogens is 336 g/mol. The third kappa shape index (κ3) is 3.59. The minimum absolute atomic E-state index is 0.103. The molecule has 2 N–H and O–H groups in total. The molecule has 1 aromatic heterocycles. The second-order valence-electron chi connectivity index (χ2n) is 4.88. The summed E-state index contributed by atoms with van der Waals surface area (Å²) in [6.07, 6.45) is 0.901. The van der Waals surface area contributed by atoms with Gasteiger partial charge in [-0.3, -0.25) is 0 Å². The first-order valence-electron chi connectivity index (χ1n) is 6.67. The van der Waals surface area contributed by atoms with E-state index in [1.165, 1.54) is 0 Å². The van der Waals surface area contributed by atoms with Gasteiger partial charge in [-0.15, -0.1) is 11.3 Å². The van der Waals surface area contributed by atoms with E-state index < -0.39 is 0 Å². The lowest BCUT2D eigenvalue weighted by Gasteiger charge is -2.22. The second kappa shape index (κ2) is 6.70. The molecule has 5 heteroatoms. The molecule has 2 atom stereocenters. The molecule has 0 bridgehead atoms. The predicted octanol–water partition coefficient (Wildman–Crippen LogP) is 4.72. The highest BCUT2D eigenvalue weighted by Crippen LogP contribution is 2.31. The highest BCUT2D eigenvalue weighted by Gasteiger charge is 2.18. The van der Waals surface area contributed by atoms with E-state index in [2.05, 4.69) is 45.5 Å². The molecule has 1 heterocycles. The van der Waals surface area contributed by atoms with Crippen molar-refractivity contribution in [2.45, 2.75) is 39.3 Å². The fraction of sp³-hybridized carbons (Fsp3) is 0.400. The van der Waals surface area contributed by atoms with E-state index in [1.54, 1.807) is 17.4 Å². The van der Waals surface area contributed by atoms with Crippen molar-refractivity contribution in [3.63, 3.8) is 0 Å². The van der Waals surface area contributed by atoms with Crippen molar-refractivity contribution in [3.05, 3.63) is 44.3 Å². The highest BCUT2D eigenvalue weighted by atomic mass is 79.9. The van der Waals surface area contributed by atoms with Crippen LogP contribution in [0.15, 0.2) is 28.1 Å². The highest BCUT2D eigenvalue weighted by molar-refractivity contribution is 9.10. The minimum atomic E-state index is 0.103. The van der Waals surface area contributed by atoms with Gasteiger partial charge < -0.3 is 10.4 Å². The maximum atomic E-state index is 10.1. The van der Waals surface area contributed by atoms with Crippen LogP contribution >= 0.6 is 27.3 Å². The van der Waals surface area contributed by atoms with Gasteiger partial charge in [0.25, 0.3) is 0 Å². The molecule has 0 aliphatic rings. The number of phenols is 1. The summed E-state index contributed by atoms with van der Waals surface area (Å²) in [7, 11) is 0. The summed E-state index contributed by atoms with van der Waals surface area (Å²) in [5, 5.41) is 16.7. The summed E-state index contributed by atoms with van der Waals surface area (Å²) in [5.74, 6) is 0.329. The van der Waals surface area contributed by atoms with E-state index in [-0.39, 0.29) is 12.1 Å². The first-order valence-corrected chi connectivity index (χ1v) is 8.35. The van der Waals surface area contributed by atoms with Crippen molar-refractivity contribution in [2.75, 3.05) is 0 Å².